The van der Waals surface area contributed by atoms with Gasteiger partial charge in [-0.3, -0.25) is 0 Å². The molecular formula is C12H13ClN2O2S2. The largest absolute Gasteiger partial charge is 0.244 e. The SMILES string of the molecule is N#Cc1ccc(S(=O)(=O)N2CCCSCC2)c(Cl)c1. The Bertz CT molecular complexity index is 603. The minimum atomic E-state index is -3.56. The fourth-order valence-corrected chi connectivity index (χ4v) is 4.88. The number of rotatable bonds is 2. The van der Waals surface area contributed by atoms with Gasteiger partial charge >= 0.3 is 0 Å². The predicted molar refractivity (Wildman–Crippen MR) is 76.9 cm³/mol. The second kappa shape index (κ2) is 6.14. The Morgan fingerprint density at radius 3 is 2.79 bits per heavy atom. The molecule has 4 nitrogen and oxygen atoms in total. The van der Waals surface area contributed by atoms with Crippen LogP contribution in [-0.4, -0.2) is 37.3 Å². The lowest BCUT2D eigenvalue weighted by atomic mass is 10.2. The molecular weight excluding hydrogens is 304 g/mol. The summed E-state index contributed by atoms with van der Waals surface area (Å²) in [6.07, 6.45) is 0.845. The molecule has 1 saturated heterocycles. The summed E-state index contributed by atoms with van der Waals surface area (Å²) in [7, 11) is -3.56. The molecule has 102 valence electrons. The van der Waals surface area contributed by atoms with Gasteiger partial charge in [-0.1, -0.05) is 11.6 Å². The van der Waals surface area contributed by atoms with Gasteiger partial charge in [-0.25, -0.2) is 8.42 Å². The standard InChI is InChI=1S/C12H13ClN2O2S2/c13-11-8-10(9-14)2-3-12(11)19(16,17)15-4-1-6-18-7-5-15/h2-3,8H,1,4-7H2. The van der Waals surface area contributed by atoms with E-state index < -0.39 is 10.0 Å². The van der Waals surface area contributed by atoms with Crippen molar-refractivity contribution in [1.82, 2.24) is 4.31 Å². The highest BCUT2D eigenvalue weighted by atomic mass is 35.5. The molecule has 0 N–H and O–H groups in total. The molecule has 7 heteroatoms. The Labute approximate surface area is 122 Å². The van der Waals surface area contributed by atoms with E-state index in [9.17, 15) is 8.42 Å². The summed E-state index contributed by atoms with van der Waals surface area (Å²) < 4.78 is 26.5. The molecule has 0 amide bonds. The quantitative estimate of drug-likeness (QED) is 0.840. The van der Waals surface area contributed by atoms with Gasteiger partial charge in [0.15, 0.2) is 0 Å². The van der Waals surface area contributed by atoms with E-state index >= 15 is 0 Å². The summed E-state index contributed by atoms with van der Waals surface area (Å²) in [5.74, 6) is 1.78. The number of nitrogens with zero attached hydrogens (tertiary/aromatic N) is 2. The van der Waals surface area contributed by atoms with E-state index in [-0.39, 0.29) is 9.92 Å². The topological polar surface area (TPSA) is 61.2 Å². The van der Waals surface area contributed by atoms with Crippen LogP contribution in [0.1, 0.15) is 12.0 Å². The number of hydrogen-bond donors (Lipinski definition) is 0. The Morgan fingerprint density at radius 2 is 2.11 bits per heavy atom. The Balaban J connectivity index is 2.36. The smallest absolute Gasteiger partial charge is 0.207 e. The van der Waals surface area contributed by atoms with Crippen molar-refractivity contribution in [3.63, 3.8) is 0 Å². The lowest BCUT2D eigenvalue weighted by Gasteiger charge is -2.20. The highest BCUT2D eigenvalue weighted by molar-refractivity contribution is 7.99. The number of benzene rings is 1. The summed E-state index contributed by atoms with van der Waals surface area (Å²) in [4.78, 5) is 0.0834. The summed E-state index contributed by atoms with van der Waals surface area (Å²) in [5, 5.41) is 8.88. The first-order valence-electron chi connectivity index (χ1n) is 5.83. The van der Waals surface area contributed by atoms with Crippen LogP contribution in [0.3, 0.4) is 0 Å². The normalized spacial score (nSPS) is 17.7. The number of sulfonamides is 1. The molecule has 0 aliphatic carbocycles. The van der Waals surface area contributed by atoms with E-state index in [2.05, 4.69) is 0 Å². The van der Waals surface area contributed by atoms with Crippen LogP contribution in [0.2, 0.25) is 5.02 Å². The molecule has 0 atom stereocenters. The second-order valence-electron chi connectivity index (χ2n) is 4.13. The van der Waals surface area contributed by atoms with Crippen LogP contribution >= 0.6 is 23.4 Å². The third-order valence-corrected chi connectivity index (χ3v) is 6.29. The summed E-state index contributed by atoms with van der Waals surface area (Å²) in [5.41, 5.74) is 0.357. The Morgan fingerprint density at radius 1 is 1.32 bits per heavy atom. The van der Waals surface area contributed by atoms with E-state index in [0.29, 0.717) is 18.7 Å². The fraction of sp³-hybridized carbons (Fsp3) is 0.417. The van der Waals surface area contributed by atoms with E-state index in [4.69, 9.17) is 16.9 Å². The first-order chi connectivity index (χ1) is 9.05. The first-order valence-corrected chi connectivity index (χ1v) is 8.80. The number of hydrogen-bond acceptors (Lipinski definition) is 4. The molecule has 1 aromatic carbocycles. The van der Waals surface area contributed by atoms with Gasteiger partial charge in [0.25, 0.3) is 0 Å². The van der Waals surface area contributed by atoms with Crippen molar-refractivity contribution in [3.05, 3.63) is 28.8 Å². The van der Waals surface area contributed by atoms with Crippen molar-refractivity contribution in [2.24, 2.45) is 0 Å². The lowest BCUT2D eigenvalue weighted by molar-refractivity contribution is 0.435. The first kappa shape index (κ1) is 14.7. The molecule has 0 unspecified atom stereocenters. The van der Waals surface area contributed by atoms with Crippen molar-refractivity contribution in [3.8, 4) is 6.07 Å². The third kappa shape index (κ3) is 3.23. The molecule has 19 heavy (non-hydrogen) atoms. The van der Waals surface area contributed by atoms with Crippen LogP contribution in [0.25, 0.3) is 0 Å². The van der Waals surface area contributed by atoms with Gasteiger partial charge in [0, 0.05) is 18.8 Å². The van der Waals surface area contributed by atoms with E-state index in [1.807, 2.05) is 6.07 Å². The molecule has 1 fully saturated rings. The molecule has 1 heterocycles. The molecule has 1 aromatic rings. The van der Waals surface area contributed by atoms with Crippen LogP contribution < -0.4 is 0 Å². The van der Waals surface area contributed by atoms with Crippen LogP contribution in [-0.2, 0) is 10.0 Å². The minimum Gasteiger partial charge on any atom is -0.207 e. The van der Waals surface area contributed by atoms with Crippen LogP contribution in [0.5, 0.6) is 0 Å². The monoisotopic (exact) mass is 316 g/mol. The molecule has 1 aliphatic rings. The van der Waals surface area contributed by atoms with Crippen molar-refractivity contribution in [2.45, 2.75) is 11.3 Å². The molecule has 2 rings (SSSR count). The fourth-order valence-electron chi connectivity index (χ4n) is 1.88. The lowest BCUT2D eigenvalue weighted by Crippen LogP contribution is -2.33. The van der Waals surface area contributed by atoms with Crippen molar-refractivity contribution < 1.29 is 8.42 Å². The molecule has 0 radical (unpaired) electrons. The minimum absolute atomic E-state index is 0.0834. The van der Waals surface area contributed by atoms with Crippen molar-refractivity contribution in [1.29, 1.82) is 5.26 Å². The zero-order chi connectivity index (χ0) is 13.9. The third-order valence-electron chi connectivity index (χ3n) is 2.86. The molecule has 1 aliphatic heterocycles. The van der Waals surface area contributed by atoms with Gasteiger partial charge < -0.3 is 0 Å². The van der Waals surface area contributed by atoms with Crippen molar-refractivity contribution >= 4 is 33.4 Å². The molecule has 0 saturated carbocycles. The highest BCUT2D eigenvalue weighted by Crippen LogP contribution is 2.27. The van der Waals surface area contributed by atoms with Gasteiger partial charge in [-0.05, 0) is 30.4 Å². The van der Waals surface area contributed by atoms with Gasteiger partial charge in [-0.15, -0.1) is 0 Å². The van der Waals surface area contributed by atoms with Gasteiger partial charge in [-0.2, -0.15) is 21.3 Å². The van der Waals surface area contributed by atoms with Gasteiger partial charge in [0.05, 0.1) is 16.7 Å². The average molecular weight is 317 g/mol. The van der Waals surface area contributed by atoms with Crippen LogP contribution in [0.15, 0.2) is 23.1 Å². The van der Waals surface area contributed by atoms with Crippen molar-refractivity contribution in [2.75, 3.05) is 24.6 Å². The maximum atomic E-state index is 12.5. The Kier molecular flexibility index (Phi) is 4.74. The average Bonchev–Trinajstić information content (AvgIpc) is 2.67. The Hall–Kier alpha value is -0.740. The number of halogens is 1. The summed E-state index contributed by atoms with van der Waals surface area (Å²) in [6.45, 7) is 1.02. The van der Waals surface area contributed by atoms with Gasteiger partial charge in [0.2, 0.25) is 10.0 Å². The van der Waals surface area contributed by atoms with E-state index in [1.54, 1.807) is 11.8 Å². The predicted octanol–water partition coefficient (Wildman–Crippen LogP) is 2.34. The van der Waals surface area contributed by atoms with Gasteiger partial charge in [0.1, 0.15) is 4.90 Å². The molecule has 0 bridgehead atoms. The number of thioether (sulfide) groups is 1. The summed E-state index contributed by atoms with van der Waals surface area (Å²) >= 11 is 7.75. The zero-order valence-corrected chi connectivity index (χ0v) is 12.6. The van der Waals surface area contributed by atoms with Crippen LogP contribution in [0, 0.1) is 11.3 Å². The van der Waals surface area contributed by atoms with Crippen LogP contribution in [0.4, 0.5) is 0 Å². The number of nitriles is 1. The zero-order valence-electron chi connectivity index (χ0n) is 10.2. The highest BCUT2D eigenvalue weighted by Gasteiger charge is 2.27. The molecule has 0 aromatic heterocycles. The summed E-state index contributed by atoms with van der Waals surface area (Å²) in [6, 6.07) is 6.22. The maximum absolute atomic E-state index is 12.5. The second-order valence-corrected chi connectivity index (χ2v) is 7.67. The van der Waals surface area contributed by atoms with E-state index in [1.165, 1.54) is 22.5 Å². The maximum Gasteiger partial charge on any atom is 0.244 e. The van der Waals surface area contributed by atoms with E-state index in [0.717, 1.165) is 17.9 Å². The molecule has 0 spiro atoms.